The summed E-state index contributed by atoms with van der Waals surface area (Å²) in [5.41, 5.74) is 5.53. The van der Waals surface area contributed by atoms with Crippen LogP contribution in [0.1, 0.15) is 5.69 Å². The number of piperazine rings is 1. The maximum Gasteiger partial charge on any atom is 0.324 e. The third kappa shape index (κ3) is 2.80. The predicted molar refractivity (Wildman–Crippen MR) is 81.9 cm³/mol. The minimum atomic E-state index is -0.623. The summed E-state index contributed by atoms with van der Waals surface area (Å²) in [4.78, 5) is 47.2. The molecule has 3 heterocycles. The zero-order valence-electron chi connectivity index (χ0n) is 13.2. The van der Waals surface area contributed by atoms with Crippen LogP contribution in [0.25, 0.3) is 5.78 Å². The Balaban J connectivity index is 1.91. The molecule has 1 unspecified atom stereocenters. The maximum absolute atomic E-state index is 12.1. The quantitative estimate of drug-likeness (QED) is 0.603. The Labute approximate surface area is 136 Å². The summed E-state index contributed by atoms with van der Waals surface area (Å²) < 4.78 is 5.92. The standard InChI is InChI=1S/C13H17N7O4/c1-18-5-8(11(23)24-2)19(6-10(18)22)4-7-3-9(21)20-13(15-7)16-12(14)17-20/h3,8H,4-6H2,1-2H3,(H3,14,15,16,17). The smallest absolute Gasteiger partial charge is 0.324 e. The number of esters is 1. The highest BCUT2D eigenvalue weighted by atomic mass is 16.5. The Morgan fingerprint density at radius 1 is 1.46 bits per heavy atom. The van der Waals surface area contributed by atoms with E-state index in [2.05, 4.69) is 15.1 Å². The lowest BCUT2D eigenvalue weighted by Crippen LogP contribution is -2.57. The number of aromatic nitrogens is 4. The van der Waals surface area contributed by atoms with Crippen LogP contribution in [-0.2, 0) is 20.9 Å². The summed E-state index contributed by atoms with van der Waals surface area (Å²) in [5.74, 6) is -0.378. The van der Waals surface area contributed by atoms with Gasteiger partial charge in [0.1, 0.15) is 6.04 Å². The topological polar surface area (TPSA) is 139 Å². The van der Waals surface area contributed by atoms with Gasteiger partial charge in [0.25, 0.3) is 11.3 Å². The van der Waals surface area contributed by atoms with Gasteiger partial charge in [0.2, 0.25) is 11.9 Å². The van der Waals surface area contributed by atoms with Gasteiger partial charge in [-0.25, -0.2) is 4.98 Å². The average molecular weight is 335 g/mol. The molecule has 3 N–H and O–H groups in total. The number of fused-ring (bicyclic) bond motifs is 1. The van der Waals surface area contributed by atoms with E-state index in [1.54, 1.807) is 11.9 Å². The van der Waals surface area contributed by atoms with Gasteiger partial charge in [0, 0.05) is 26.2 Å². The van der Waals surface area contributed by atoms with E-state index in [0.29, 0.717) is 5.69 Å². The van der Waals surface area contributed by atoms with Crippen LogP contribution < -0.4 is 11.3 Å². The highest BCUT2D eigenvalue weighted by Gasteiger charge is 2.35. The van der Waals surface area contributed by atoms with Gasteiger partial charge in [0.05, 0.1) is 19.3 Å². The molecular weight excluding hydrogens is 318 g/mol. The van der Waals surface area contributed by atoms with Crippen molar-refractivity contribution in [1.29, 1.82) is 0 Å². The SMILES string of the molecule is COC(=O)C1CN(C)C(=O)CN1Cc1cc(=O)n2[nH]c(N)nc2n1. The highest BCUT2D eigenvalue weighted by molar-refractivity contribution is 5.83. The number of anilines is 1. The average Bonchev–Trinajstić information content (AvgIpc) is 2.91. The number of rotatable bonds is 3. The maximum atomic E-state index is 12.1. The predicted octanol–water partition coefficient (Wildman–Crippen LogP) is -2.18. The van der Waals surface area contributed by atoms with Crippen molar-refractivity contribution in [3.63, 3.8) is 0 Å². The molecule has 2 aromatic heterocycles. The third-order valence-corrected chi connectivity index (χ3v) is 3.89. The van der Waals surface area contributed by atoms with Crippen molar-refractivity contribution in [3.8, 4) is 0 Å². The fourth-order valence-electron chi connectivity index (χ4n) is 2.64. The number of H-pyrrole nitrogens is 1. The molecule has 1 aliphatic heterocycles. The highest BCUT2D eigenvalue weighted by Crippen LogP contribution is 2.14. The molecule has 1 fully saturated rings. The molecule has 1 aliphatic rings. The van der Waals surface area contributed by atoms with Crippen molar-refractivity contribution in [2.75, 3.05) is 33.0 Å². The summed E-state index contributed by atoms with van der Waals surface area (Å²) >= 11 is 0. The number of methoxy groups -OCH3 is 1. The van der Waals surface area contributed by atoms with Crippen LogP contribution in [0.4, 0.5) is 5.95 Å². The summed E-state index contributed by atoms with van der Waals surface area (Å²) in [6, 6.07) is 0.684. The lowest BCUT2D eigenvalue weighted by molar-refractivity contribution is -0.154. The Morgan fingerprint density at radius 2 is 2.21 bits per heavy atom. The largest absolute Gasteiger partial charge is 0.468 e. The van der Waals surface area contributed by atoms with Crippen LogP contribution in [0.5, 0.6) is 0 Å². The number of nitrogens with two attached hydrogens (primary N) is 1. The lowest BCUT2D eigenvalue weighted by atomic mass is 10.1. The number of likely N-dealkylation sites (N-methyl/N-ethyl adjacent to an activating group) is 1. The molecule has 3 rings (SSSR count). The van der Waals surface area contributed by atoms with Gasteiger partial charge in [-0.2, -0.15) is 9.50 Å². The van der Waals surface area contributed by atoms with Crippen LogP contribution in [0.2, 0.25) is 0 Å². The first-order chi connectivity index (χ1) is 11.4. The molecular formula is C13H17N7O4. The molecule has 1 atom stereocenters. The number of nitrogen functional groups attached to an aromatic ring is 1. The number of nitrogens with zero attached hydrogens (tertiary/aromatic N) is 5. The van der Waals surface area contributed by atoms with E-state index in [4.69, 9.17) is 10.5 Å². The summed E-state index contributed by atoms with van der Waals surface area (Å²) in [6.07, 6.45) is 0. The number of carbonyl (C=O) groups excluding carboxylic acids is 2. The fraction of sp³-hybridized carbons (Fsp3) is 0.462. The third-order valence-electron chi connectivity index (χ3n) is 3.89. The molecule has 1 saturated heterocycles. The summed E-state index contributed by atoms with van der Waals surface area (Å²) in [5, 5.41) is 2.57. The first kappa shape index (κ1) is 15.9. The number of hydrogen-bond donors (Lipinski definition) is 2. The van der Waals surface area contributed by atoms with Gasteiger partial charge in [0.15, 0.2) is 0 Å². The second-order valence-corrected chi connectivity index (χ2v) is 5.55. The van der Waals surface area contributed by atoms with E-state index < -0.39 is 12.0 Å². The number of ether oxygens (including phenoxy) is 1. The van der Waals surface area contributed by atoms with Crippen LogP contribution in [0.15, 0.2) is 10.9 Å². The Kier molecular flexibility index (Phi) is 3.93. The molecule has 11 nitrogen and oxygen atoms in total. The monoisotopic (exact) mass is 335 g/mol. The van der Waals surface area contributed by atoms with Gasteiger partial charge < -0.3 is 15.4 Å². The van der Waals surface area contributed by atoms with Crippen molar-refractivity contribution in [2.45, 2.75) is 12.6 Å². The molecule has 0 aromatic carbocycles. The Morgan fingerprint density at radius 3 is 2.92 bits per heavy atom. The zero-order chi connectivity index (χ0) is 17.4. The van der Waals surface area contributed by atoms with Crippen LogP contribution in [0, 0.1) is 0 Å². The Bertz CT molecular complexity index is 858. The van der Waals surface area contributed by atoms with E-state index in [1.165, 1.54) is 18.1 Å². The van der Waals surface area contributed by atoms with Gasteiger partial charge in [-0.3, -0.25) is 24.4 Å². The number of aromatic amines is 1. The van der Waals surface area contributed by atoms with E-state index in [0.717, 1.165) is 4.52 Å². The second kappa shape index (κ2) is 5.92. The van der Waals surface area contributed by atoms with E-state index in [-0.39, 0.29) is 42.8 Å². The fourth-order valence-corrected chi connectivity index (χ4v) is 2.64. The normalized spacial score (nSPS) is 19.0. The second-order valence-electron chi connectivity index (χ2n) is 5.55. The van der Waals surface area contributed by atoms with E-state index >= 15 is 0 Å². The molecule has 2 aromatic rings. The first-order valence-electron chi connectivity index (χ1n) is 7.19. The van der Waals surface area contributed by atoms with E-state index in [1.807, 2.05) is 0 Å². The number of nitrogens with one attached hydrogen (secondary N) is 1. The summed E-state index contributed by atoms with van der Waals surface area (Å²) in [7, 11) is 2.92. The van der Waals surface area contributed by atoms with Gasteiger partial charge >= 0.3 is 5.97 Å². The lowest BCUT2D eigenvalue weighted by Gasteiger charge is -2.37. The molecule has 128 valence electrons. The molecule has 0 saturated carbocycles. The van der Waals surface area contributed by atoms with Gasteiger partial charge in [-0.05, 0) is 0 Å². The van der Waals surface area contributed by atoms with Crippen molar-refractivity contribution in [3.05, 3.63) is 22.1 Å². The molecule has 0 radical (unpaired) electrons. The van der Waals surface area contributed by atoms with Crippen molar-refractivity contribution in [1.82, 2.24) is 29.4 Å². The van der Waals surface area contributed by atoms with Gasteiger partial charge in [-0.1, -0.05) is 0 Å². The number of carbonyl (C=O) groups is 2. The molecule has 11 heteroatoms. The molecule has 0 aliphatic carbocycles. The molecule has 24 heavy (non-hydrogen) atoms. The zero-order valence-corrected chi connectivity index (χ0v) is 13.2. The van der Waals surface area contributed by atoms with Crippen LogP contribution in [-0.4, -0.2) is 74.5 Å². The first-order valence-corrected chi connectivity index (χ1v) is 7.19. The van der Waals surface area contributed by atoms with E-state index in [9.17, 15) is 14.4 Å². The van der Waals surface area contributed by atoms with Crippen LogP contribution in [0.3, 0.4) is 0 Å². The Hall–Kier alpha value is -2.95. The van der Waals surface area contributed by atoms with Crippen molar-refractivity contribution >= 4 is 23.6 Å². The minimum Gasteiger partial charge on any atom is -0.468 e. The summed E-state index contributed by atoms with van der Waals surface area (Å²) in [6.45, 7) is 0.375. The van der Waals surface area contributed by atoms with Crippen molar-refractivity contribution in [2.24, 2.45) is 0 Å². The number of hydrogen-bond acceptors (Lipinski definition) is 8. The number of amides is 1. The van der Waals surface area contributed by atoms with Crippen molar-refractivity contribution < 1.29 is 14.3 Å². The van der Waals surface area contributed by atoms with Crippen LogP contribution >= 0.6 is 0 Å². The molecule has 0 bridgehead atoms. The van der Waals surface area contributed by atoms with Gasteiger partial charge in [-0.15, -0.1) is 0 Å². The minimum absolute atomic E-state index is 0.0278. The molecule has 0 spiro atoms. The molecule has 1 amide bonds.